The van der Waals surface area contributed by atoms with E-state index in [1.54, 1.807) is 36.4 Å². The molecule has 0 spiro atoms. The monoisotopic (exact) mass is 313 g/mol. The Hall–Kier alpha value is -2.86. The number of nitrogens with two attached hydrogens (primary N) is 1. The number of phenols is 1. The molecule has 0 saturated carbocycles. The molecule has 1 amide bonds. The average Bonchev–Trinajstić information content (AvgIpc) is 2.54. The van der Waals surface area contributed by atoms with Crippen molar-refractivity contribution in [2.75, 3.05) is 7.11 Å². The Labute approximate surface area is 134 Å². The van der Waals surface area contributed by atoms with Crippen LogP contribution in [0.5, 0.6) is 5.75 Å². The number of amidine groups is 1. The smallest absolute Gasteiger partial charge is 0.254 e. The van der Waals surface area contributed by atoms with E-state index in [-0.39, 0.29) is 17.5 Å². The summed E-state index contributed by atoms with van der Waals surface area (Å²) < 4.78 is 5.22. The second kappa shape index (κ2) is 7.42. The molecule has 0 fully saturated rings. The molecule has 23 heavy (non-hydrogen) atoms. The predicted octanol–water partition coefficient (Wildman–Crippen LogP) is 1.68. The van der Waals surface area contributed by atoms with Crippen LogP contribution in [0.15, 0.2) is 48.5 Å². The predicted molar refractivity (Wildman–Crippen MR) is 87.2 cm³/mol. The third-order valence-corrected chi connectivity index (χ3v) is 3.38. The van der Waals surface area contributed by atoms with Gasteiger partial charge in [-0.2, -0.15) is 0 Å². The molecule has 0 saturated heterocycles. The number of benzene rings is 2. The van der Waals surface area contributed by atoms with Crippen molar-refractivity contribution in [3.05, 3.63) is 65.2 Å². The van der Waals surface area contributed by atoms with Crippen molar-refractivity contribution in [3.63, 3.8) is 0 Å². The first-order valence-electron chi connectivity index (χ1n) is 7.04. The minimum absolute atomic E-state index is 0.00363. The maximum Gasteiger partial charge on any atom is 0.254 e. The molecule has 2 aromatic carbocycles. The number of nitrogen functional groups attached to an aromatic ring is 1. The summed E-state index contributed by atoms with van der Waals surface area (Å²) >= 11 is 0. The highest BCUT2D eigenvalue weighted by molar-refractivity contribution is 5.94. The SMILES string of the molecule is COC(C(=O)NCc1ccc(C(=N)N)cc1)c1cccc(O)c1. The Morgan fingerprint density at radius 2 is 2.00 bits per heavy atom. The largest absolute Gasteiger partial charge is 0.508 e. The first-order chi connectivity index (χ1) is 11.0. The quantitative estimate of drug-likeness (QED) is 0.480. The summed E-state index contributed by atoms with van der Waals surface area (Å²) in [6, 6.07) is 13.5. The van der Waals surface area contributed by atoms with Gasteiger partial charge in [0, 0.05) is 19.2 Å². The zero-order valence-electron chi connectivity index (χ0n) is 12.7. The van der Waals surface area contributed by atoms with Crippen molar-refractivity contribution in [2.24, 2.45) is 5.73 Å². The molecule has 1 atom stereocenters. The van der Waals surface area contributed by atoms with Gasteiger partial charge in [-0.1, -0.05) is 36.4 Å². The second-order valence-corrected chi connectivity index (χ2v) is 5.04. The number of carbonyl (C=O) groups excluding carboxylic acids is 1. The van der Waals surface area contributed by atoms with Crippen LogP contribution in [0.25, 0.3) is 0 Å². The van der Waals surface area contributed by atoms with Crippen molar-refractivity contribution in [2.45, 2.75) is 12.6 Å². The van der Waals surface area contributed by atoms with Gasteiger partial charge in [-0.25, -0.2) is 0 Å². The fourth-order valence-electron chi connectivity index (χ4n) is 2.17. The van der Waals surface area contributed by atoms with Crippen molar-refractivity contribution < 1.29 is 14.6 Å². The molecule has 0 aliphatic rings. The van der Waals surface area contributed by atoms with Gasteiger partial charge < -0.3 is 20.9 Å². The van der Waals surface area contributed by atoms with Crippen LogP contribution in [0.1, 0.15) is 22.8 Å². The summed E-state index contributed by atoms with van der Waals surface area (Å²) in [5.74, 6) is -0.213. The highest BCUT2D eigenvalue weighted by Gasteiger charge is 2.20. The Morgan fingerprint density at radius 1 is 1.30 bits per heavy atom. The molecular formula is C17H19N3O3. The number of aromatic hydroxyl groups is 1. The number of hydrogen-bond donors (Lipinski definition) is 4. The van der Waals surface area contributed by atoms with Crippen LogP contribution in [0.3, 0.4) is 0 Å². The summed E-state index contributed by atoms with van der Waals surface area (Å²) in [5.41, 5.74) is 7.49. The second-order valence-electron chi connectivity index (χ2n) is 5.04. The first-order valence-corrected chi connectivity index (χ1v) is 7.04. The van der Waals surface area contributed by atoms with Crippen LogP contribution in [0.4, 0.5) is 0 Å². The van der Waals surface area contributed by atoms with E-state index in [1.807, 2.05) is 0 Å². The Kier molecular flexibility index (Phi) is 5.32. The summed E-state index contributed by atoms with van der Waals surface area (Å²) in [7, 11) is 1.44. The number of nitrogens with one attached hydrogen (secondary N) is 2. The van der Waals surface area contributed by atoms with E-state index in [9.17, 15) is 9.90 Å². The van der Waals surface area contributed by atoms with Crippen LogP contribution >= 0.6 is 0 Å². The number of rotatable bonds is 6. The van der Waals surface area contributed by atoms with E-state index in [0.29, 0.717) is 17.7 Å². The van der Waals surface area contributed by atoms with Crippen LogP contribution in [0, 0.1) is 5.41 Å². The van der Waals surface area contributed by atoms with Gasteiger partial charge in [0.15, 0.2) is 6.10 Å². The molecule has 0 aliphatic heterocycles. The molecule has 2 rings (SSSR count). The molecule has 5 N–H and O–H groups in total. The molecule has 0 heterocycles. The Balaban J connectivity index is 2.01. The van der Waals surface area contributed by atoms with Gasteiger partial charge in [-0.15, -0.1) is 0 Å². The van der Waals surface area contributed by atoms with Crippen molar-refractivity contribution >= 4 is 11.7 Å². The van der Waals surface area contributed by atoms with E-state index >= 15 is 0 Å². The number of carbonyl (C=O) groups is 1. The number of methoxy groups -OCH3 is 1. The third-order valence-electron chi connectivity index (χ3n) is 3.38. The lowest BCUT2D eigenvalue weighted by Gasteiger charge is -2.16. The third kappa shape index (κ3) is 4.31. The minimum atomic E-state index is -0.793. The fourth-order valence-corrected chi connectivity index (χ4v) is 2.17. The lowest BCUT2D eigenvalue weighted by atomic mass is 10.1. The van der Waals surface area contributed by atoms with Gasteiger partial charge in [0.25, 0.3) is 5.91 Å². The maximum absolute atomic E-state index is 12.3. The van der Waals surface area contributed by atoms with E-state index in [2.05, 4.69) is 5.32 Å². The van der Waals surface area contributed by atoms with Crippen molar-refractivity contribution in [1.29, 1.82) is 5.41 Å². The zero-order valence-corrected chi connectivity index (χ0v) is 12.7. The lowest BCUT2D eigenvalue weighted by molar-refractivity contribution is -0.131. The van der Waals surface area contributed by atoms with Gasteiger partial charge in [0.05, 0.1) is 0 Å². The molecule has 6 nitrogen and oxygen atoms in total. The molecule has 0 bridgehead atoms. The van der Waals surface area contributed by atoms with E-state index in [1.165, 1.54) is 19.2 Å². The Bertz CT molecular complexity index is 698. The molecular weight excluding hydrogens is 294 g/mol. The highest BCUT2D eigenvalue weighted by atomic mass is 16.5. The van der Waals surface area contributed by atoms with Crippen molar-refractivity contribution in [1.82, 2.24) is 5.32 Å². The van der Waals surface area contributed by atoms with Gasteiger partial charge in [-0.3, -0.25) is 10.2 Å². The highest BCUT2D eigenvalue weighted by Crippen LogP contribution is 2.21. The Morgan fingerprint density at radius 3 is 2.57 bits per heavy atom. The fraction of sp³-hybridized carbons (Fsp3) is 0.176. The number of phenolic OH excluding ortho intramolecular Hbond substituents is 1. The number of ether oxygens (including phenoxy) is 1. The number of hydrogen-bond acceptors (Lipinski definition) is 4. The summed E-state index contributed by atoms with van der Waals surface area (Å²) in [5, 5.41) is 19.6. The maximum atomic E-state index is 12.3. The standard InChI is InChI=1S/C17H19N3O3/c1-23-15(13-3-2-4-14(21)9-13)17(22)20-10-11-5-7-12(8-6-11)16(18)19/h2-9,15,21H,10H2,1H3,(H3,18,19)(H,20,22). The molecule has 0 radical (unpaired) electrons. The van der Waals surface area contributed by atoms with Gasteiger partial charge in [0.1, 0.15) is 11.6 Å². The molecule has 2 aromatic rings. The molecule has 0 aliphatic carbocycles. The number of amides is 1. The normalized spacial score (nSPS) is 11.7. The molecule has 0 aromatic heterocycles. The van der Waals surface area contributed by atoms with Crippen LogP contribution < -0.4 is 11.1 Å². The van der Waals surface area contributed by atoms with Gasteiger partial charge in [-0.05, 0) is 23.3 Å². The van der Waals surface area contributed by atoms with Crippen LogP contribution in [0.2, 0.25) is 0 Å². The van der Waals surface area contributed by atoms with E-state index < -0.39 is 6.10 Å². The van der Waals surface area contributed by atoms with Crippen LogP contribution in [-0.4, -0.2) is 24.0 Å². The zero-order chi connectivity index (χ0) is 16.8. The minimum Gasteiger partial charge on any atom is -0.508 e. The summed E-state index contributed by atoms with van der Waals surface area (Å²) in [6.45, 7) is 0.329. The van der Waals surface area contributed by atoms with E-state index in [0.717, 1.165) is 5.56 Å². The molecule has 1 unspecified atom stereocenters. The summed E-state index contributed by atoms with van der Waals surface area (Å²) in [4.78, 5) is 12.3. The van der Waals surface area contributed by atoms with E-state index in [4.69, 9.17) is 15.9 Å². The lowest BCUT2D eigenvalue weighted by Crippen LogP contribution is -2.30. The summed E-state index contributed by atoms with van der Waals surface area (Å²) in [6.07, 6.45) is -0.793. The first kappa shape index (κ1) is 16.5. The van der Waals surface area contributed by atoms with Gasteiger partial charge in [0.2, 0.25) is 0 Å². The topological polar surface area (TPSA) is 108 Å². The van der Waals surface area contributed by atoms with Gasteiger partial charge >= 0.3 is 0 Å². The van der Waals surface area contributed by atoms with Crippen LogP contribution in [-0.2, 0) is 16.1 Å². The van der Waals surface area contributed by atoms with Crippen molar-refractivity contribution in [3.8, 4) is 5.75 Å². The molecule has 120 valence electrons. The molecule has 6 heteroatoms. The average molecular weight is 313 g/mol.